The number of allylic oxidation sites excluding steroid dienone is 1. The van der Waals surface area contributed by atoms with E-state index in [2.05, 4.69) is 35.4 Å². The predicted octanol–water partition coefficient (Wildman–Crippen LogP) is 5.72. The van der Waals surface area contributed by atoms with Crippen molar-refractivity contribution < 1.29 is 9.47 Å². The van der Waals surface area contributed by atoms with E-state index in [4.69, 9.17) is 14.6 Å². The van der Waals surface area contributed by atoms with E-state index >= 15 is 0 Å². The molecule has 1 heterocycles. The Kier molecular flexibility index (Phi) is 5.61. The number of rotatable bonds is 6. The van der Waals surface area contributed by atoms with Crippen LogP contribution in [-0.4, -0.2) is 19.9 Å². The maximum Gasteiger partial charge on any atom is 0.126 e. The molecule has 4 nitrogen and oxygen atoms in total. The lowest BCUT2D eigenvalue weighted by molar-refractivity contribution is 0.405. The average molecular weight is 384 g/mol. The van der Waals surface area contributed by atoms with E-state index in [-0.39, 0.29) is 6.04 Å². The first-order valence-electron chi connectivity index (χ1n) is 9.66. The van der Waals surface area contributed by atoms with Gasteiger partial charge in [-0.2, -0.15) is 5.10 Å². The summed E-state index contributed by atoms with van der Waals surface area (Å²) in [7, 11) is 3.40. The Morgan fingerprint density at radius 1 is 0.793 bits per heavy atom. The second kappa shape index (κ2) is 8.65. The summed E-state index contributed by atoms with van der Waals surface area (Å²) in [6.45, 7) is 0. The average Bonchev–Trinajstić information content (AvgIpc) is 3.22. The molecule has 0 N–H and O–H groups in total. The molecule has 1 aliphatic heterocycles. The van der Waals surface area contributed by atoms with E-state index in [9.17, 15) is 0 Å². The van der Waals surface area contributed by atoms with Crippen molar-refractivity contribution in [2.45, 2.75) is 12.5 Å². The number of nitrogens with zero attached hydrogens (tertiary/aromatic N) is 2. The Labute approximate surface area is 171 Å². The van der Waals surface area contributed by atoms with Gasteiger partial charge in [0, 0.05) is 17.5 Å². The van der Waals surface area contributed by atoms with Crippen molar-refractivity contribution in [1.82, 2.24) is 0 Å². The summed E-state index contributed by atoms with van der Waals surface area (Å²) >= 11 is 0. The predicted molar refractivity (Wildman–Crippen MR) is 119 cm³/mol. The van der Waals surface area contributed by atoms with E-state index in [0.29, 0.717) is 0 Å². The highest BCUT2D eigenvalue weighted by molar-refractivity contribution is 6.01. The van der Waals surface area contributed by atoms with Crippen LogP contribution in [0, 0.1) is 0 Å². The lowest BCUT2D eigenvalue weighted by Crippen LogP contribution is -2.19. The second-order valence-electron chi connectivity index (χ2n) is 6.81. The van der Waals surface area contributed by atoms with Gasteiger partial charge in [0.05, 0.1) is 31.7 Å². The molecule has 0 aliphatic carbocycles. The van der Waals surface area contributed by atoms with Crippen LogP contribution in [0.5, 0.6) is 11.5 Å². The Bertz CT molecular complexity index is 1030. The number of hydrogen-bond donors (Lipinski definition) is 0. The summed E-state index contributed by atoms with van der Waals surface area (Å²) in [4.78, 5) is 0. The van der Waals surface area contributed by atoms with E-state index < -0.39 is 0 Å². The van der Waals surface area contributed by atoms with Crippen LogP contribution < -0.4 is 14.5 Å². The first kappa shape index (κ1) is 18.8. The number of methoxy groups -OCH3 is 2. The highest BCUT2D eigenvalue weighted by atomic mass is 16.5. The van der Waals surface area contributed by atoms with E-state index in [0.717, 1.165) is 40.4 Å². The highest BCUT2D eigenvalue weighted by Gasteiger charge is 2.30. The number of benzene rings is 3. The molecular formula is C25H24N2O2. The first-order chi connectivity index (χ1) is 14.3. The molecule has 1 atom stereocenters. The fourth-order valence-corrected chi connectivity index (χ4v) is 3.63. The summed E-state index contributed by atoms with van der Waals surface area (Å²) in [5.74, 6) is 1.73. The molecule has 0 radical (unpaired) electrons. The van der Waals surface area contributed by atoms with Gasteiger partial charge in [-0.05, 0) is 36.4 Å². The van der Waals surface area contributed by atoms with Crippen molar-refractivity contribution in [3.8, 4) is 11.5 Å². The Balaban J connectivity index is 1.68. The first-order valence-corrected chi connectivity index (χ1v) is 9.66. The van der Waals surface area contributed by atoms with Gasteiger partial charge in [0.15, 0.2) is 0 Å². The van der Waals surface area contributed by atoms with Crippen molar-refractivity contribution >= 4 is 17.5 Å². The molecule has 3 aromatic carbocycles. The van der Waals surface area contributed by atoms with Crippen LogP contribution in [0.3, 0.4) is 0 Å². The largest absolute Gasteiger partial charge is 0.496 e. The minimum absolute atomic E-state index is 0.0749. The van der Waals surface area contributed by atoms with Gasteiger partial charge >= 0.3 is 0 Å². The van der Waals surface area contributed by atoms with Gasteiger partial charge in [-0.1, -0.05) is 54.6 Å². The maximum absolute atomic E-state index is 5.62. The molecule has 4 rings (SSSR count). The zero-order valence-corrected chi connectivity index (χ0v) is 16.7. The van der Waals surface area contributed by atoms with Gasteiger partial charge in [-0.25, -0.2) is 0 Å². The quantitative estimate of drug-likeness (QED) is 0.545. The third kappa shape index (κ3) is 4.02. The van der Waals surface area contributed by atoms with Gasteiger partial charge in [0.2, 0.25) is 0 Å². The van der Waals surface area contributed by atoms with Crippen molar-refractivity contribution in [2.24, 2.45) is 5.10 Å². The van der Waals surface area contributed by atoms with E-state index in [1.54, 1.807) is 14.2 Å². The molecule has 0 saturated carbocycles. The van der Waals surface area contributed by atoms with Gasteiger partial charge in [0.1, 0.15) is 11.5 Å². The molecule has 0 unspecified atom stereocenters. The minimum atomic E-state index is 0.0749. The second-order valence-corrected chi connectivity index (χ2v) is 6.81. The fourth-order valence-electron chi connectivity index (χ4n) is 3.63. The molecular weight excluding hydrogens is 360 g/mol. The topological polar surface area (TPSA) is 34.1 Å². The summed E-state index contributed by atoms with van der Waals surface area (Å²) in [6.07, 6.45) is 4.93. The summed E-state index contributed by atoms with van der Waals surface area (Å²) < 4.78 is 11.1. The van der Waals surface area contributed by atoms with Crippen molar-refractivity contribution in [3.05, 3.63) is 96.1 Å². The van der Waals surface area contributed by atoms with Crippen LogP contribution in [0.15, 0.2) is 90.0 Å². The highest BCUT2D eigenvalue weighted by Crippen LogP contribution is 2.39. The molecule has 0 amide bonds. The third-order valence-electron chi connectivity index (χ3n) is 5.05. The van der Waals surface area contributed by atoms with Gasteiger partial charge in [-0.15, -0.1) is 0 Å². The molecule has 29 heavy (non-hydrogen) atoms. The number of hydrazone groups is 1. The zero-order chi connectivity index (χ0) is 20.1. The molecule has 0 bridgehead atoms. The normalized spacial score (nSPS) is 16.1. The lowest BCUT2D eigenvalue weighted by atomic mass is 9.99. The zero-order valence-electron chi connectivity index (χ0n) is 16.7. The van der Waals surface area contributed by atoms with Gasteiger partial charge < -0.3 is 9.47 Å². The summed E-state index contributed by atoms with van der Waals surface area (Å²) in [6, 6.07) is 26.5. The Morgan fingerprint density at radius 3 is 2.21 bits per heavy atom. The fraction of sp³-hybridized carbons (Fsp3) is 0.160. The SMILES string of the molecule is COc1ccccc1/C=C/C1=NN(c2ccccc2)[C@H](c2ccccc2OC)C1. The molecule has 4 heteroatoms. The molecule has 0 spiro atoms. The number of hydrogen-bond acceptors (Lipinski definition) is 4. The van der Waals surface area contributed by atoms with E-state index in [1.807, 2.05) is 60.7 Å². The minimum Gasteiger partial charge on any atom is -0.496 e. The molecule has 0 saturated heterocycles. The van der Waals surface area contributed by atoms with Crippen LogP contribution in [0.1, 0.15) is 23.6 Å². The molecule has 0 aromatic heterocycles. The van der Waals surface area contributed by atoms with Crippen LogP contribution in [0.2, 0.25) is 0 Å². The third-order valence-corrected chi connectivity index (χ3v) is 5.05. The van der Waals surface area contributed by atoms with Gasteiger partial charge in [-0.3, -0.25) is 5.01 Å². The van der Waals surface area contributed by atoms with Gasteiger partial charge in [0.25, 0.3) is 0 Å². The van der Waals surface area contributed by atoms with Crippen LogP contribution in [0.4, 0.5) is 5.69 Å². The number of para-hydroxylation sites is 3. The summed E-state index contributed by atoms with van der Waals surface area (Å²) in [5, 5.41) is 7.01. The molecule has 1 aliphatic rings. The van der Waals surface area contributed by atoms with Crippen LogP contribution in [0.25, 0.3) is 6.08 Å². The maximum atomic E-state index is 5.62. The van der Waals surface area contributed by atoms with Crippen molar-refractivity contribution in [3.63, 3.8) is 0 Å². The van der Waals surface area contributed by atoms with Crippen molar-refractivity contribution in [1.29, 1.82) is 0 Å². The summed E-state index contributed by atoms with van der Waals surface area (Å²) in [5.41, 5.74) is 4.23. The van der Waals surface area contributed by atoms with E-state index in [1.165, 1.54) is 0 Å². The lowest BCUT2D eigenvalue weighted by Gasteiger charge is -2.25. The van der Waals surface area contributed by atoms with Crippen LogP contribution >= 0.6 is 0 Å². The molecule has 146 valence electrons. The number of ether oxygens (including phenoxy) is 2. The monoisotopic (exact) mass is 384 g/mol. The molecule has 3 aromatic rings. The Morgan fingerprint density at radius 2 is 1.45 bits per heavy atom. The number of anilines is 1. The van der Waals surface area contributed by atoms with Crippen molar-refractivity contribution in [2.75, 3.05) is 19.2 Å². The standard InChI is InChI=1S/C25H24N2O2/c1-28-24-14-8-6-10-19(24)16-17-20-18-23(22-13-7-9-15-25(22)29-2)27(26-20)21-11-4-3-5-12-21/h3-17,23H,18H2,1-2H3/b17-16+/t23-/m0/s1. The Hall–Kier alpha value is -3.53. The smallest absolute Gasteiger partial charge is 0.126 e. The van der Waals surface area contributed by atoms with Crippen LogP contribution in [-0.2, 0) is 0 Å². The molecule has 0 fully saturated rings.